The fourth-order valence-electron chi connectivity index (χ4n) is 3.39. The van der Waals surface area contributed by atoms with Crippen molar-refractivity contribution in [3.63, 3.8) is 0 Å². The summed E-state index contributed by atoms with van der Waals surface area (Å²) in [5.74, 6) is 1.23. The number of rotatable bonds is 4. The number of piperidine rings is 1. The summed E-state index contributed by atoms with van der Waals surface area (Å²) in [7, 11) is 0. The van der Waals surface area contributed by atoms with E-state index in [1.807, 2.05) is 47.4 Å². The Kier molecular flexibility index (Phi) is 5.52. The number of hydrogen-bond donors (Lipinski definition) is 2. The number of aliphatic hydroxyl groups is 2. The molecule has 3 aromatic rings. The molecule has 1 aliphatic rings. The highest BCUT2D eigenvalue weighted by Crippen LogP contribution is 2.29. The van der Waals surface area contributed by atoms with E-state index in [0.29, 0.717) is 30.4 Å². The second-order valence-electron chi connectivity index (χ2n) is 6.93. The van der Waals surface area contributed by atoms with Crippen LogP contribution in [0.3, 0.4) is 0 Å². The third kappa shape index (κ3) is 3.99. The minimum Gasteiger partial charge on any atom is -0.396 e. The van der Waals surface area contributed by atoms with Gasteiger partial charge in [-0.3, -0.25) is 4.98 Å². The maximum Gasteiger partial charge on any atom is 0.163 e. The molecule has 0 amide bonds. The van der Waals surface area contributed by atoms with Crippen LogP contribution in [0, 0.1) is 5.92 Å². The van der Waals surface area contributed by atoms with Crippen molar-refractivity contribution < 1.29 is 10.2 Å². The molecule has 4 rings (SSSR count). The van der Waals surface area contributed by atoms with Crippen LogP contribution in [0.1, 0.15) is 6.42 Å². The van der Waals surface area contributed by atoms with Crippen molar-refractivity contribution in [3.05, 3.63) is 59.9 Å². The highest BCUT2D eigenvalue weighted by molar-refractivity contribution is 6.30. The van der Waals surface area contributed by atoms with Gasteiger partial charge in [-0.2, -0.15) is 0 Å². The van der Waals surface area contributed by atoms with Crippen LogP contribution in [0.15, 0.2) is 54.9 Å². The minimum atomic E-state index is -0.588. The van der Waals surface area contributed by atoms with Crippen LogP contribution in [-0.4, -0.2) is 51.0 Å². The smallest absolute Gasteiger partial charge is 0.163 e. The van der Waals surface area contributed by atoms with Crippen molar-refractivity contribution in [2.45, 2.75) is 12.5 Å². The van der Waals surface area contributed by atoms with E-state index in [4.69, 9.17) is 21.6 Å². The Hall–Kier alpha value is -2.54. The molecule has 6 nitrogen and oxygen atoms in total. The summed E-state index contributed by atoms with van der Waals surface area (Å²) in [5, 5.41) is 20.4. The first-order valence-corrected chi connectivity index (χ1v) is 9.61. The van der Waals surface area contributed by atoms with E-state index >= 15 is 0 Å². The molecular weight excluding hydrogens is 376 g/mol. The van der Waals surface area contributed by atoms with Gasteiger partial charge < -0.3 is 15.1 Å². The summed E-state index contributed by atoms with van der Waals surface area (Å²) in [4.78, 5) is 15.7. The van der Waals surface area contributed by atoms with Crippen molar-refractivity contribution in [2.24, 2.45) is 5.92 Å². The first kappa shape index (κ1) is 18.8. The van der Waals surface area contributed by atoms with Crippen LogP contribution in [0.25, 0.3) is 22.6 Å². The number of hydrogen-bond acceptors (Lipinski definition) is 6. The zero-order chi connectivity index (χ0) is 19.5. The van der Waals surface area contributed by atoms with Crippen molar-refractivity contribution in [3.8, 4) is 22.6 Å². The maximum atomic E-state index is 10.3. The number of halogens is 1. The second kappa shape index (κ2) is 8.22. The Labute approximate surface area is 168 Å². The largest absolute Gasteiger partial charge is 0.396 e. The molecule has 1 aromatic carbocycles. The molecule has 28 heavy (non-hydrogen) atoms. The lowest BCUT2D eigenvalue weighted by atomic mass is 9.95. The Balaban J connectivity index is 1.75. The first-order valence-electron chi connectivity index (χ1n) is 9.23. The summed E-state index contributed by atoms with van der Waals surface area (Å²) in [6, 6.07) is 13.2. The van der Waals surface area contributed by atoms with Crippen molar-refractivity contribution in [2.75, 3.05) is 24.6 Å². The Morgan fingerprint density at radius 1 is 1.11 bits per heavy atom. The van der Waals surface area contributed by atoms with Gasteiger partial charge >= 0.3 is 0 Å². The van der Waals surface area contributed by atoms with E-state index in [1.165, 1.54) is 0 Å². The van der Waals surface area contributed by atoms with E-state index in [1.54, 1.807) is 12.4 Å². The molecule has 2 N–H and O–H groups in total. The van der Waals surface area contributed by atoms with Crippen LogP contribution in [0.2, 0.25) is 5.02 Å². The minimum absolute atomic E-state index is 0.00423. The van der Waals surface area contributed by atoms with E-state index < -0.39 is 6.10 Å². The lowest BCUT2D eigenvalue weighted by molar-refractivity contribution is 0.0546. The molecular formula is C21H21ClN4O2. The van der Waals surface area contributed by atoms with Crippen LogP contribution >= 0.6 is 11.6 Å². The van der Waals surface area contributed by atoms with Crippen molar-refractivity contribution >= 4 is 17.4 Å². The summed E-state index contributed by atoms with van der Waals surface area (Å²) in [6.45, 7) is 1.14. The third-order valence-electron chi connectivity index (χ3n) is 5.05. The molecule has 1 aliphatic heterocycles. The quantitative estimate of drug-likeness (QED) is 0.705. The van der Waals surface area contributed by atoms with E-state index in [9.17, 15) is 10.2 Å². The number of pyridine rings is 1. The number of anilines is 1. The fraction of sp³-hybridized carbons (Fsp3) is 0.286. The Morgan fingerprint density at radius 2 is 1.93 bits per heavy atom. The van der Waals surface area contributed by atoms with Gasteiger partial charge in [0.1, 0.15) is 5.82 Å². The van der Waals surface area contributed by atoms with Crippen LogP contribution < -0.4 is 4.90 Å². The molecule has 144 valence electrons. The van der Waals surface area contributed by atoms with Gasteiger partial charge in [0.15, 0.2) is 5.82 Å². The average Bonchev–Trinajstić information content (AvgIpc) is 2.74. The van der Waals surface area contributed by atoms with Gasteiger partial charge in [0.25, 0.3) is 0 Å². The highest BCUT2D eigenvalue weighted by atomic mass is 35.5. The van der Waals surface area contributed by atoms with E-state index in [-0.39, 0.29) is 12.5 Å². The molecule has 2 unspecified atom stereocenters. The number of benzene rings is 1. The number of aromatic nitrogens is 3. The topological polar surface area (TPSA) is 82.4 Å². The van der Waals surface area contributed by atoms with Gasteiger partial charge in [-0.25, -0.2) is 9.97 Å². The summed E-state index contributed by atoms with van der Waals surface area (Å²) >= 11 is 6.03. The molecule has 0 saturated carbocycles. The normalized spacial score (nSPS) is 19.6. The standard InChI is InChI=1S/C21H21ClN4O2/c22-17-5-3-14(4-6-17)18-10-20(26-9-7-16(13-27)19(28)12-26)25-21(24-18)15-2-1-8-23-11-15/h1-6,8,10-11,16,19,27-28H,7,9,12-13H2. The summed E-state index contributed by atoms with van der Waals surface area (Å²) < 4.78 is 0. The zero-order valence-corrected chi connectivity index (χ0v) is 16.0. The molecule has 0 spiro atoms. The van der Waals surface area contributed by atoms with Gasteiger partial charge in [-0.1, -0.05) is 23.7 Å². The third-order valence-corrected chi connectivity index (χ3v) is 5.30. The molecule has 0 aliphatic carbocycles. The first-order chi connectivity index (χ1) is 13.6. The van der Waals surface area contributed by atoms with Crippen molar-refractivity contribution in [1.29, 1.82) is 0 Å². The lowest BCUT2D eigenvalue weighted by Crippen LogP contribution is -2.45. The molecule has 0 radical (unpaired) electrons. The predicted molar refractivity (Wildman–Crippen MR) is 109 cm³/mol. The zero-order valence-electron chi connectivity index (χ0n) is 15.2. The molecule has 1 saturated heterocycles. The predicted octanol–water partition coefficient (Wildman–Crippen LogP) is 3.04. The summed E-state index contributed by atoms with van der Waals surface area (Å²) in [5.41, 5.74) is 2.54. The van der Waals surface area contributed by atoms with Gasteiger partial charge in [-0.05, 0) is 30.7 Å². The monoisotopic (exact) mass is 396 g/mol. The molecule has 7 heteroatoms. The molecule has 1 fully saturated rings. The lowest BCUT2D eigenvalue weighted by Gasteiger charge is -2.36. The van der Waals surface area contributed by atoms with E-state index in [0.717, 1.165) is 22.6 Å². The molecule has 3 heterocycles. The van der Waals surface area contributed by atoms with Gasteiger partial charge in [0, 0.05) is 60.2 Å². The molecule has 0 bridgehead atoms. The molecule has 2 aromatic heterocycles. The fourth-order valence-corrected chi connectivity index (χ4v) is 3.52. The van der Waals surface area contributed by atoms with Crippen LogP contribution in [0.5, 0.6) is 0 Å². The Bertz CT molecular complexity index is 937. The second-order valence-corrected chi connectivity index (χ2v) is 7.36. The van der Waals surface area contributed by atoms with Gasteiger partial charge in [0.2, 0.25) is 0 Å². The van der Waals surface area contributed by atoms with Crippen molar-refractivity contribution in [1.82, 2.24) is 15.0 Å². The number of β-amino-alcohol motifs (C(OH)–C–C–N with tert-alkyl or cyclic N) is 1. The Morgan fingerprint density at radius 3 is 2.61 bits per heavy atom. The average molecular weight is 397 g/mol. The number of aliphatic hydroxyl groups excluding tert-OH is 2. The van der Waals surface area contributed by atoms with E-state index in [2.05, 4.69) is 4.98 Å². The van der Waals surface area contributed by atoms with Gasteiger partial charge in [0.05, 0.1) is 11.8 Å². The van der Waals surface area contributed by atoms with Gasteiger partial charge in [-0.15, -0.1) is 0 Å². The maximum absolute atomic E-state index is 10.3. The van der Waals surface area contributed by atoms with Crippen LogP contribution in [-0.2, 0) is 0 Å². The van der Waals surface area contributed by atoms with Crippen LogP contribution in [0.4, 0.5) is 5.82 Å². The highest BCUT2D eigenvalue weighted by Gasteiger charge is 2.28. The SMILES string of the molecule is OCC1CCN(c2cc(-c3ccc(Cl)cc3)nc(-c3cccnc3)n2)CC1O. The number of nitrogens with zero attached hydrogens (tertiary/aromatic N) is 4. The molecule has 2 atom stereocenters. The summed E-state index contributed by atoms with van der Waals surface area (Å²) in [6.07, 6.45) is 3.57.